The van der Waals surface area contributed by atoms with Gasteiger partial charge in [-0.1, -0.05) is 56.3 Å². The summed E-state index contributed by atoms with van der Waals surface area (Å²) in [6.45, 7) is 6.61. The van der Waals surface area contributed by atoms with Gasteiger partial charge in [0.25, 0.3) is 5.69 Å². The zero-order valence-electron chi connectivity index (χ0n) is 20.6. The summed E-state index contributed by atoms with van der Waals surface area (Å²) < 4.78 is 15.8. The van der Waals surface area contributed by atoms with E-state index in [1.807, 2.05) is 57.3 Å². The van der Waals surface area contributed by atoms with Gasteiger partial charge >= 0.3 is 0 Å². The molecule has 1 N–H and O–H groups in total. The molecule has 0 aliphatic heterocycles. The molecule has 36 heavy (non-hydrogen) atoms. The molecule has 1 heterocycles. The number of amides is 1. The smallest absolute Gasteiger partial charge is 0.270 e. The van der Waals surface area contributed by atoms with Crippen molar-refractivity contribution in [3.8, 4) is 0 Å². The Labute approximate surface area is 209 Å². The van der Waals surface area contributed by atoms with Gasteiger partial charge < -0.3 is 9.88 Å². The van der Waals surface area contributed by atoms with Gasteiger partial charge in [-0.2, -0.15) is 0 Å². The van der Waals surface area contributed by atoms with E-state index in [-0.39, 0.29) is 35.8 Å². The lowest BCUT2D eigenvalue weighted by Crippen LogP contribution is -2.36. The largest absolute Gasteiger partial charge is 0.353 e. The van der Waals surface area contributed by atoms with Crippen LogP contribution in [0.2, 0.25) is 0 Å². The van der Waals surface area contributed by atoms with Gasteiger partial charge in [0.05, 0.1) is 4.92 Å². The fourth-order valence-electron chi connectivity index (χ4n) is 4.38. The van der Waals surface area contributed by atoms with E-state index in [2.05, 4.69) is 9.88 Å². The summed E-state index contributed by atoms with van der Waals surface area (Å²) in [7, 11) is 0. The first-order chi connectivity index (χ1) is 17.2. The van der Waals surface area contributed by atoms with Gasteiger partial charge in [-0.25, -0.2) is 4.39 Å². The first-order valence-electron chi connectivity index (χ1n) is 12.1. The molecule has 4 rings (SSSR count). The molecule has 4 aromatic rings. The molecule has 0 radical (unpaired) electrons. The Kier molecular flexibility index (Phi) is 7.48. The van der Waals surface area contributed by atoms with E-state index in [0.717, 1.165) is 22.2 Å². The third kappa shape index (κ3) is 5.62. The molecular formula is C29H30FN3O3. The van der Waals surface area contributed by atoms with Gasteiger partial charge in [-0.05, 0) is 47.7 Å². The Morgan fingerprint density at radius 1 is 1.03 bits per heavy atom. The summed E-state index contributed by atoms with van der Waals surface area (Å²) in [6, 6.07) is 20.9. The number of nitro benzene ring substituents is 1. The van der Waals surface area contributed by atoms with Crippen molar-refractivity contribution >= 4 is 22.5 Å². The Morgan fingerprint density at radius 2 is 1.72 bits per heavy atom. The number of hydrogen-bond donors (Lipinski definition) is 1. The Balaban J connectivity index is 1.83. The number of halogens is 1. The highest BCUT2D eigenvalue weighted by atomic mass is 19.1. The van der Waals surface area contributed by atoms with Crippen LogP contribution in [0.15, 0.2) is 79.0 Å². The predicted octanol–water partition coefficient (Wildman–Crippen LogP) is 6.42. The molecule has 3 aromatic carbocycles. The van der Waals surface area contributed by atoms with Crippen LogP contribution >= 0.6 is 0 Å². The number of carbonyl (C=O) groups excluding carboxylic acids is 1. The molecule has 6 nitrogen and oxygen atoms in total. The van der Waals surface area contributed by atoms with Gasteiger partial charge in [0, 0.05) is 54.2 Å². The van der Waals surface area contributed by atoms with E-state index < -0.39 is 10.8 Å². The second kappa shape index (κ2) is 10.7. The normalized spacial score (nSPS) is 13.0. The van der Waals surface area contributed by atoms with E-state index in [0.29, 0.717) is 11.9 Å². The third-order valence-electron chi connectivity index (χ3n) is 6.73. The van der Waals surface area contributed by atoms with Crippen LogP contribution in [-0.2, 0) is 11.3 Å². The first kappa shape index (κ1) is 25.1. The maximum Gasteiger partial charge on any atom is 0.270 e. The monoisotopic (exact) mass is 487 g/mol. The number of carbonyl (C=O) groups is 1. The van der Waals surface area contributed by atoms with Crippen molar-refractivity contribution < 1.29 is 14.1 Å². The van der Waals surface area contributed by atoms with Crippen LogP contribution in [0.25, 0.3) is 10.9 Å². The summed E-state index contributed by atoms with van der Waals surface area (Å²) in [5.74, 6) is -0.627. The molecule has 0 aliphatic rings. The van der Waals surface area contributed by atoms with Crippen LogP contribution in [0, 0.1) is 21.8 Å². The first-order valence-corrected chi connectivity index (χ1v) is 12.1. The molecule has 0 unspecified atom stereocenters. The molecule has 2 atom stereocenters. The highest BCUT2D eigenvalue weighted by Gasteiger charge is 2.25. The van der Waals surface area contributed by atoms with Crippen LogP contribution < -0.4 is 5.32 Å². The maximum absolute atomic E-state index is 13.8. The summed E-state index contributed by atoms with van der Waals surface area (Å²) >= 11 is 0. The summed E-state index contributed by atoms with van der Waals surface area (Å²) in [6.07, 6.45) is 2.10. The third-order valence-corrected chi connectivity index (χ3v) is 6.73. The van der Waals surface area contributed by atoms with E-state index in [1.54, 1.807) is 24.3 Å². The van der Waals surface area contributed by atoms with Crippen LogP contribution in [-0.4, -0.2) is 21.4 Å². The molecule has 0 spiro atoms. The second-order valence-corrected chi connectivity index (χ2v) is 9.56. The van der Waals surface area contributed by atoms with E-state index in [1.165, 1.54) is 18.2 Å². The molecule has 7 heteroatoms. The van der Waals surface area contributed by atoms with Crippen molar-refractivity contribution in [2.75, 3.05) is 0 Å². The highest BCUT2D eigenvalue weighted by molar-refractivity contribution is 5.88. The number of aromatic nitrogens is 1. The number of non-ortho nitro benzene ring substituents is 1. The lowest BCUT2D eigenvalue weighted by atomic mass is 9.87. The number of nitrogens with zero attached hydrogens (tertiary/aromatic N) is 2. The molecule has 1 aromatic heterocycles. The molecule has 186 valence electrons. The molecule has 0 aliphatic carbocycles. The predicted molar refractivity (Wildman–Crippen MR) is 139 cm³/mol. The Morgan fingerprint density at radius 3 is 2.36 bits per heavy atom. The van der Waals surface area contributed by atoms with E-state index in [4.69, 9.17) is 0 Å². The van der Waals surface area contributed by atoms with Crippen LogP contribution in [0.3, 0.4) is 0 Å². The topological polar surface area (TPSA) is 77.2 Å². The fourth-order valence-corrected chi connectivity index (χ4v) is 4.38. The van der Waals surface area contributed by atoms with Crippen molar-refractivity contribution in [3.63, 3.8) is 0 Å². The molecule has 1 amide bonds. The number of benzene rings is 3. The van der Waals surface area contributed by atoms with Crippen molar-refractivity contribution in [2.45, 2.75) is 45.7 Å². The Bertz CT molecular complexity index is 1360. The van der Waals surface area contributed by atoms with E-state index >= 15 is 0 Å². The quantitative estimate of drug-likeness (QED) is 0.219. The molecule has 0 fully saturated rings. The average Bonchev–Trinajstić information content (AvgIpc) is 3.21. The number of hydrogen-bond acceptors (Lipinski definition) is 3. The number of nitrogens with one attached hydrogen (secondary N) is 1. The minimum absolute atomic E-state index is 0.00752. The Hall–Kier alpha value is -4.00. The zero-order chi connectivity index (χ0) is 25.8. The van der Waals surface area contributed by atoms with Crippen LogP contribution in [0.4, 0.5) is 10.1 Å². The SMILES string of the molecule is CC(C)[C@@H](C)NC(=O)C[C@@H](c1ccc(F)cc1)c1cn(Cc2ccccc2)c2ccc([N+](=O)[O-])cc12. The average molecular weight is 488 g/mol. The van der Waals surface area contributed by atoms with Crippen molar-refractivity contribution in [3.05, 3.63) is 112 Å². The molecule has 0 saturated heterocycles. The number of fused-ring (bicyclic) bond motifs is 1. The van der Waals surface area contributed by atoms with Crippen molar-refractivity contribution in [2.24, 2.45) is 5.92 Å². The van der Waals surface area contributed by atoms with Gasteiger partial charge in [-0.3, -0.25) is 14.9 Å². The minimum Gasteiger partial charge on any atom is -0.353 e. The van der Waals surface area contributed by atoms with E-state index in [9.17, 15) is 19.3 Å². The highest BCUT2D eigenvalue weighted by Crippen LogP contribution is 2.37. The minimum atomic E-state index is -0.415. The maximum atomic E-state index is 13.8. The van der Waals surface area contributed by atoms with Gasteiger partial charge in [0.2, 0.25) is 5.91 Å². The van der Waals surface area contributed by atoms with Gasteiger partial charge in [0.1, 0.15) is 5.82 Å². The zero-order valence-corrected chi connectivity index (χ0v) is 20.6. The lowest BCUT2D eigenvalue weighted by molar-refractivity contribution is -0.384. The standard InChI is InChI=1S/C29H30FN3O3/c1-19(2)20(3)31-29(34)16-25(22-9-11-23(30)12-10-22)27-18-32(17-21-7-5-4-6-8-21)28-14-13-24(33(35)36)15-26(27)28/h4-15,18-20,25H,16-17H2,1-3H3,(H,31,34)/t20-,25+/m1/s1. The fraction of sp³-hybridized carbons (Fsp3) is 0.276. The lowest BCUT2D eigenvalue weighted by Gasteiger charge is -2.21. The number of rotatable bonds is 9. The molecular weight excluding hydrogens is 457 g/mol. The number of nitro groups is 1. The summed E-state index contributed by atoms with van der Waals surface area (Å²) in [5.41, 5.74) is 3.47. The van der Waals surface area contributed by atoms with Crippen molar-refractivity contribution in [1.82, 2.24) is 9.88 Å². The van der Waals surface area contributed by atoms with Gasteiger partial charge in [-0.15, -0.1) is 0 Å². The summed E-state index contributed by atoms with van der Waals surface area (Å²) in [5, 5.41) is 15.4. The second-order valence-electron chi connectivity index (χ2n) is 9.56. The molecule has 0 saturated carbocycles. The van der Waals surface area contributed by atoms with Crippen LogP contribution in [0.1, 0.15) is 49.8 Å². The van der Waals surface area contributed by atoms with Crippen LogP contribution in [0.5, 0.6) is 0 Å². The summed E-state index contributed by atoms with van der Waals surface area (Å²) in [4.78, 5) is 24.3. The van der Waals surface area contributed by atoms with Crippen molar-refractivity contribution in [1.29, 1.82) is 0 Å². The molecule has 0 bridgehead atoms. The van der Waals surface area contributed by atoms with Gasteiger partial charge in [0.15, 0.2) is 0 Å².